The van der Waals surface area contributed by atoms with Crippen molar-refractivity contribution in [2.75, 3.05) is 50.3 Å². The first kappa shape index (κ1) is 31.1. The highest BCUT2D eigenvalue weighted by molar-refractivity contribution is 5.92. The summed E-state index contributed by atoms with van der Waals surface area (Å²) >= 11 is 0. The van der Waals surface area contributed by atoms with Gasteiger partial charge in [-0.15, -0.1) is 0 Å². The molecule has 0 aliphatic rings. The number of hydrogen-bond donors (Lipinski definition) is 2. The van der Waals surface area contributed by atoms with Crippen LogP contribution in [0.3, 0.4) is 0 Å². The molecule has 0 aromatic heterocycles. The Morgan fingerprint density at radius 1 is 0.579 bits per heavy atom. The van der Waals surface area contributed by atoms with Crippen LogP contribution >= 0.6 is 0 Å². The Morgan fingerprint density at radius 3 is 1.39 bits per heavy atom. The van der Waals surface area contributed by atoms with Gasteiger partial charge >= 0.3 is 0 Å². The van der Waals surface area contributed by atoms with E-state index >= 15 is 0 Å². The fraction of sp³-hybridized carbons (Fsp3) is 0.533. The van der Waals surface area contributed by atoms with E-state index in [0.717, 1.165) is 38.5 Å². The minimum absolute atomic E-state index is 0.00956. The number of anilines is 2. The Balaban J connectivity index is 1.55. The predicted molar refractivity (Wildman–Crippen MR) is 151 cm³/mol. The van der Waals surface area contributed by atoms with Gasteiger partial charge in [0, 0.05) is 26.1 Å². The number of ether oxygens (including phenoxy) is 4. The highest BCUT2D eigenvalue weighted by atomic mass is 16.5. The van der Waals surface area contributed by atoms with Crippen molar-refractivity contribution in [3.63, 3.8) is 0 Å². The molecule has 38 heavy (non-hydrogen) atoms. The van der Waals surface area contributed by atoms with Gasteiger partial charge in [0.15, 0.2) is 0 Å². The van der Waals surface area contributed by atoms with Crippen LogP contribution in [0.1, 0.15) is 65.2 Å². The van der Waals surface area contributed by atoms with Gasteiger partial charge in [-0.3, -0.25) is 9.59 Å². The largest absolute Gasteiger partial charge is 0.489 e. The third-order valence-electron chi connectivity index (χ3n) is 5.76. The Bertz CT molecular complexity index is 861. The van der Waals surface area contributed by atoms with Gasteiger partial charge in [0.2, 0.25) is 11.8 Å². The highest BCUT2D eigenvalue weighted by Gasteiger charge is 2.09. The van der Waals surface area contributed by atoms with Crippen molar-refractivity contribution in [1.29, 1.82) is 0 Å². The third-order valence-corrected chi connectivity index (χ3v) is 5.76. The van der Waals surface area contributed by atoms with Crippen molar-refractivity contribution in [3.8, 4) is 11.5 Å². The molecule has 0 radical (unpaired) electrons. The Kier molecular flexibility index (Phi) is 16.3. The average Bonchev–Trinajstić information content (AvgIpc) is 2.92. The van der Waals surface area contributed by atoms with Crippen molar-refractivity contribution >= 4 is 23.2 Å². The number of hydrogen-bond acceptors (Lipinski definition) is 6. The SMILES string of the molecule is CCOCCOc1ccccc1NC(=O)CCCCCCCCC(=O)Nc1ccccc1OCCOCC. The van der Waals surface area contributed by atoms with E-state index in [0.29, 0.717) is 75.4 Å². The van der Waals surface area contributed by atoms with Gasteiger partial charge < -0.3 is 29.6 Å². The van der Waals surface area contributed by atoms with Gasteiger partial charge in [-0.05, 0) is 51.0 Å². The molecule has 0 heterocycles. The lowest BCUT2D eigenvalue weighted by Gasteiger charge is -2.12. The lowest BCUT2D eigenvalue weighted by Crippen LogP contribution is -2.13. The van der Waals surface area contributed by atoms with Gasteiger partial charge in [0.25, 0.3) is 0 Å². The van der Waals surface area contributed by atoms with Gasteiger partial charge in [-0.1, -0.05) is 49.9 Å². The van der Waals surface area contributed by atoms with Crippen LogP contribution in [0.5, 0.6) is 11.5 Å². The number of carbonyl (C=O) groups is 2. The van der Waals surface area contributed by atoms with E-state index in [1.807, 2.05) is 62.4 Å². The third kappa shape index (κ3) is 13.4. The topological polar surface area (TPSA) is 95.1 Å². The summed E-state index contributed by atoms with van der Waals surface area (Å²) in [5.74, 6) is 1.29. The molecule has 0 atom stereocenters. The molecule has 2 N–H and O–H groups in total. The summed E-state index contributed by atoms with van der Waals surface area (Å²) in [4.78, 5) is 24.7. The van der Waals surface area contributed by atoms with E-state index in [1.54, 1.807) is 0 Å². The van der Waals surface area contributed by atoms with Crippen LogP contribution in [0.4, 0.5) is 11.4 Å². The number of carbonyl (C=O) groups excluding carboxylic acids is 2. The van der Waals surface area contributed by atoms with Gasteiger partial charge in [0.1, 0.15) is 24.7 Å². The summed E-state index contributed by atoms with van der Waals surface area (Å²) < 4.78 is 22.0. The molecule has 2 rings (SSSR count). The number of para-hydroxylation sites is 4. The molecular weight excluding hydrogens is 484 g/mol. The lowest BCUT2D eigenvalue weighted by atomic mass is 10.1. The van der Waals surface area contributed by atoms with Crippen molar-refractivity contribution in [3.05, 3.63) is 48.5 Å². The second-order valence-corrected chi connectivity index (χ2v) is 8.80. The number of nitrogens with one attached hydrogen (secondary N) is 2. The molecule has 2 aromatic carbocycles. The quantitative estimate of drug-likeness (QED) is 0.187. The zero-order valence-electron chi connectivity index (χ0n) is 23.0. The van der Waals surface area contributed by atoms with Crippen LogP contribution in [-0.2, 0) is 19.1 Å². The molecule has 0 aliphatic heterocycles. The number of unbranched alkanes of at least 4 members (excludes halogenated alkanes) is 5. The molecule has 0 saturated heterocycles. The molecule has 0 unspecified atom stereocenters. The average molecular weight is 529 g/mol. The standard InChI is InChI=1S/C30H44N2O6/c1-3-35-21-23-37-27-17-13-11-15-25(27)31-29(33)19-9-7-5-6-8-10-20-30(34)32-26-16-12-14-18-28(26)38-24-22-36-4-2/h11-18H,3-10,19-24H2,1-2H3,(H,31,33)(H,32,34). The van der Waals surface area contributed by atoms with Crippen molar-refractivity contribution in [2.24, 2.45) is 0 Å². The smallest absolute Gasteiger partial charge is 0.224 e. The Hall–Kier alpha value is -3.10. The van der Waals surface area contributed by atoms with Crippen LogP contribution in [0.15, 0.2) is 48.5 Å². The number of benzene rings is 2. The van der Waals surface area contributed by atoms with Gasteiger partial charge in [0.05, 0.1) is 24.6 Å². The van der Waals surface area contributed by atoms with E-state index in [9.17, 15) is 9.59 Å². The first-order valence-corrected chi connectivity index (χ1v) is 13.8. The summed E-state index contributed by atoms with van der Waals surface area (Å²) in [7, 11) is 0. The minimum atomic E-state index is -0.00956. The molecule has 8 nitrogen and oxygen atoms in total. The summed E-state index contributed by atoms with van der Waals surface area (Å²) in [6.07, 6.45) is 6.67. The van der Waals surface area contributed by atoms with Crippen molar-refractivity contribution in [1.82, 2.24) is 0 Å². The second-order valence-electron chi connectivity index (χ2n) is 8.80. The van der Waals surface area contributed by atoms with Crippen molar-refractivity contribution < 1.29 is 28.5 Å². The molecule has 0 saturated carbocycles. The minimum Gasteiger partial charge on any atom is -0.489 e. The molecule has 8 heteroatoms. The lowest BCUT2D eigenvalue weighted by molar-refractivity contribution is -0.117. The first-order chi connectivity index (χ1) is 18.6. The fourth-order valence-electron chi connectivity index (χ4n) is 3.80. The number of rotatable bonds is 21. The zero-order valence-corrected chi connectivity index (χ0v) is 23.0. The summed E-state index contributed by atoms with van der Waals surface area (Å²) in [5, 5.41) is 5.90. The second kappa shape index (κ2) is 19.9. The summed E-state index contributed by atoms with van der Waals surface area (Å²) in [6, 6.07) is 14.9. The van der Waals surface area contributed by atoms with E-state index in [-0.39, 0.29) is 11.8 Å². The van der Waals surface area contributed by atoms with E-state index in [1.165, 1.54) is 0 Å². The molecule has 0 aliphatic carbocycles. The van der Waals surface area contributed by atoms with Crippen LogP contribution in [-0.4, -0.2) is 51.5 Å². The number of amides is 2. The molecule has 0 fully saturated rings. The zero-order chi connectivity index (χ0) is 27.3. The molecule has 2 amide bonds. The molecule has 0 bridgehead atoms. The normalized spacial score (nSPS) is 10.7. The van der Waals surface area contributed by atoms with E-state index in [2.05, 4.69) is 10.6 Å². The van der Waals surface area contributed by atoms with Gasteiger partial charge in [-0.2, -0.15) is 0 Å². The summed E-state index contributed by atoms with van der Waals surface area (Å²) in [6.45, 7) is 7.10. The first-order valence-electron chi connectivity index (χ1n) is 13.8. The van der Waals surface area contributed by atoms with E-state index in [4.69, 9.17) is 18.9 Å². The van der Waals surface area contributed by atoms with Gasteiger partial charge in [-0.25, -0.2) is 0 Å². The molecular formula is C30H44N2O6. The van der Waals surface area contributed by atoms with Crippen LogP contribution in [0, 0.1) is 0 Å². The van der Waals surface area contributed by atoms with Crippen LogP contribution < -0.4 is 20.1 Å². The molecule has 2 aromatic rings. The maximum atomic E-state index is 12.4. The highest BCUT2D eigenvalue weighted by Crippen LogP contribution is 2.25. The van der Waals surface area contributed by atoms with Crippen LogP contribution in [0.2, 0.25) is 0 Å². The Labute approximate surface area is 227 Å². The monoisotopic (exact) mass is 528 g/mol. The van der Waals surface area contributed by atoms with Crippen molar-refractivity contribution in [2.45, 2.75) is 65.2 Å². The molecule has 0 spiro atoms. The maximum Gasteiger partial charge on any atom is 0.224 e. The van der Waals surface area contributed by atoms with Crippen LogP contribution in [0.25, 0.3) is 0 Å². The summed E-state index contributed by atoms with van der Waals surface area (Å²) in [5.41, 5.74) is 1.37. The predicted octanol–water partition coefficient (Wildman–Crippen LogP) is 6.22. The maximum absolute atomic E-state index is 12.4. The fourth-order valence-corrected chi connectivity index (χ4v) is 3.80. The van der Waals surface area contributed by atoms with E-state index < -0.39 is 0 Å². The Morgan fingerprint density at radius 2 is 0.974 bits per heavy atom. The molecule has 210 valence electrons.